The van der Waals surface area contributed by atoms with Crippen molar-refractivity contribution >= 4 is 24.0 Å². The summed E-state index contributed by atoms with van der Waals surface area (Å²) in [7, 11) is 0. The van der Waals surface area contributed by atoms with E-state index in [1.54, 1.807) is 23.5 Å². The van der Waals surface area contributed by atoms with Crippen molar-refractivity contribution < 1.29 is 9.59 Å². The molecule has 9 nitrogen and oxygen atoms in total. The fraction of sp³-hybridized carbons (Fsp3) is 0.421. The third-order valence-corrected chi connectivity index (χ3v) is 5.18. The number of hydrogen-bond acceptors (Lipinski definition) is 7. The molecule has 0 N–H and O–H groups in total. The second-order valence-electron chi connectivity index (χ2n) is 6.86. The monoisotopic (exact) mass is 381 g/mol. The lowest BCUT2D eigenvalue weighted by Crippen LogP contribution is -2.49. The van der Waals surface area contributed by atoms with Crippen LogP contribution in [0, 0.1) is 0 Å². The second kappa shape index (κ2) is 8.20. The van der Waals surface area contributed by atoms with Crippen molar-refractivity contribution in [1.82, 2.24) is 24.8 Å². The van der Waals surface area contributed by atoms with E-state index in [2.05, 4.69) is 24.8 Å². The topological polar surface area (TPSA) is 85.8 Å². The molecule has 4 heterocycles. The van der Waals surface area contributed by atoms with Crippen LogP contribution in [0.15, 0.2) is 36.8 Å². The zero-order chi connectivity index (χ0) is 19.3. The quantitative estimate of drug-likeness (QED) is 0.695. The van der Waals surface area contributed by atoms with Crippen LogP contribution in [-0.2, 0) is 4.79 Å². The average Bonchev–Trinajstić information content (AvgIpc) is 2.79. The number of pyridine rings is 1. The lowest BCUT2D eigenvalue weighted by Gasteiger charge is -2.35. The molecule has 0 spiro atoms. The number of carbonyl (C=O) groups is 2. The molecule has 0 saturated carbocycles. The van der Waals surface area contributed by atoms with E-state index in [0.717, 1.165) is 44.2 Å². The lowest BCUT2D eigenvalue weighted by atomic mass is 10.2. The molecule has 0 bridgehead atoms. The Morgan fingerprint density at radius 2 is 1.54 bits per heavy atom. The van der Waals surface area contributed by atoms with E-state index in [9.17, 15) is 9.59 Å². The molecule has 2 amide bonds. The van der Waals surface area contributed by atoms with Crippen LogP contribution < -0.4 is 9.80 Å². The number of piperazine rings is 2. The summed E-state index contributed by atoms with van der Waals surface area (Å²) >= 11 is 0. The SMILES string of the molecule is O=CN1CCN(c2cnc(C(=O)N3CCN(c4ccccn4)CC3)cn2)CC1. The molecular weight excluding hydrogens is 358 g/mol. The van der Waals surface area contributed by atoms with Crippen molar-refractivity contribution in [2.24, 2.45) is 0 Å². The molecule has 2 fully saturated rings. The first kappa shape index (κ1) is 18.1. The summed E-state index contributed by atoms with van der Waals surface area (Å²) in [5.74, 6) is 1.58. The van der Waals surface area contributed by atoms with Gasteiger partial charge in [-0.3, -0.25) is 9.59 Å². The molecular formula is C19H23N7O2. The molecule has 2 aliphatic rings. The molecule has 9 heteroatoms. The van der Waals surface area contributed by atoms with E-state index in [1.807, 2.05) is 23.1 Å². The first-order valence-corrected chi connectivity index (χ1v) is 9.46. The highest BCUT2D eigenvalue weighted by atomic mass is 16.2. The Bertz CT molecular complexity index is 799. The van der Waals surface area contributed by atoms with Crippen molar-refractivity contribution in [3.8, 4) is 0 Å². The van der Waals surface area contributed by atoms with Crippen LogP contribution >= 0.6 is 0 Å². The Balaban J connectivity index is 1.33. The predicted octanol–water partition coefficient (Wildman–Crippen LogP) is 0.112. The standard InChI is InChI=1S/C19H23N7O2/c27-15-23-5-7-25(8-6-23)18-14-21-16(13-22-18)19(28)26-11-9-24(10-12-26)17-3-1-2-4-20-17/h1-4,13-15H,5-12H2. The van der Waals surface area contributed by atoms with Gasteiger partial charge in [0.1, 0.15) is 17.3 Å². The molecule has 28 heavy (non-hydrogen) atoms. The number of rotatable bonds is 4. The second-order valence-corrected chi connectivity index (χ2v) is 6.86. The van der Waals surface area contributed by atoms with E-state index in [0.29, 0.717) is 31.9 Å². The highest BCUT2D eigenvalue weighted by Crippen LogP contribution is 2.15. The number of hydrogen-bond donors (Lipinski definition) is 0. The Morgan fingerprint density at radius 1 is 0.821 bits per heavy atom. The lowest BCUT2D eigenvalue weighted by molar-refractivity contribution is -0.118. The van der Waals surface area contributed by atoms with E-state index in [-0.39, 0.29) is 5.91 Å². The van der Waals surface area contributed by atoms with Crippen molar-refractivity contribution in [3.05, 3.63) is 42.5 Å². The van der Waals surface area contributed by atoms with Crippen molar-refractivity contribution in [1.29, 1.82) is 0 Å². The van der Waals surface area contributed by atoms with Crippen molar-refractivity contribution in [3.63, 3.8) is 0 Å². The molecule has 2 saturated heterocycles. The molecule has 2 aromatic heterocycles. The predicted molar refractivity (Wildman–Crippen MR) is 104 cm³/mol. The summed E-state index contributed by atoms with van der Waals surface area (Å²) in [4.78, 5) is 44.5. The van der Waals surface area contributed by atoms with Gasteiger partial charge in [0.2, 0.25) is 6.41 Å². The van der Waals surface area contributed by atoms with Crippen molar-refractivity contribution in [2.75, 3.05) is 62.2 Å². The normalized spacial score (nSPS) is 17.6. The molecule has 2 aromatic rings. The van der Waals surface area contributed by atoms with Crippen molar-refractivity contribution in [2.45, 2.75) is 0 Å². The minimum absolute atomic E-state index is 0.0921. The van der Waals surface area contributed by atoms with Crippen LogP contribution in [-0.4, -0.2) is 89.4 Å². The zero-order valence-electron chi connectivity index (χ0n) is 15.6. The van der Waals surface area contributed by atoms with Crippen LogP contribution in [0.5, 0.6) is 0 Å². The minimum Gasteiger partial charge on any atom is -0.353 e. The maximum absolute atomic E-state index is 12.7. The van der Waals surface area contributed by atoms with Gasteiger partial charge in [0.25, 0.3) is 5.91 Å². The van der Waals surface area contributed by atoms with Gasteiger partial charge < -0.3 is 19.6 Å². The van der Waals surface area contributed by atoms with E-state index in [1.165, 1.54) is 0 Å². The number of anilines is 2. The van der Waals surface area contributed by atoms with Crippen LogP contribution in [0.4, 0.5) is 11.6 Å². The van der Waals surface area contributed by atoms with Gasteiger partial charge in [0.05, 0.1) is 12.4 Å². The number of carbonyl (C=O) groups excluding carboxylic acids is 2. The molecule has 0 aromatic carbocycles. The molecule has 0 unspecified atom stereocenters. The maximum atomic E-state index is 12.7. The Labute approximate surface area is 163 Å². The Hall–Kier alpha value is -3.23. The van der Waals surface area contributed by atoms with Crippen LogP contribution in [0.25, 0.3) is 0 Å². The summed E-state index contributed by atoms with van der Waals surface area (Å²) in [5.41, 5.74) is 0.363. The first-order valence-electron chi connectivity index (χ1n) is 9.46. The van der Waals surface area contributed by atoms with Gasteiger partial charge in [0.15, 0.2) is 0 Å². The highest BCUT2D eigenvalue weighted by molar-refractivity contribution is 5.92. The number of aromatic nitrogens is 3. The fourth-order valence-corrected chi connectivity index (χ4v) is 3.49. The van der Waals surface area contributed by atoms with Gasteiger partial charge in [-0.05, 0) is 12.1 Å². The van der Waals surface area contributed by atoms with Gasteiger partial charge in [-0.1, -0.05) is 6.07 Å². The smallest absolute Gasteiger partial charge is 0.274 e. The summed E-state index contributed by atoms with van der Waals surface area (Å²) in [5, 5.41) is 0. The van der Waals surface area contributed by atoms with E-state index in [4.69, 9.17) is 0 Å². The summed E-state index contributed by atoms with van der Waals surface area (Å²) in [6, 6.07) is 5.85. The Kier molecular flexibility index (Phi) is 5.31. The highest BCUT2D eigenvalue weighted by Gasteiger charge is 2.24. The third kappa shape index (κ3) is 3.88. The molecule has 146 valence electrons. The zero-order valence-corrected chi connectivity index (χ0v) is 15.6. The molecule has 4 rings (SSSR count). The van der Waals surface area contributed by atoms with Crippen LogP contribution in [0.2, 0.25) is 0 Å². The van der Waals surface area contributed by atoms with Crippen LogP contribution in [0.1, 0.15) is 10.5 Å². The van der Waals surface area contributed by atoms with Gasteiger partial charge in [-0.2, -0.15) is 0 Å². The minimum atomic E-state index is -0.0921. The van der Waals surface area contributed by atoms with Gasteiger partial charge >= 0.3 is 0 Å². The fourth-order valence-electron chi connectivity index (χ4n) is 3.49. The summed E-state index contributed by atoms with van der Waals surface area (Å²) in [6.45, 7) is 5.54. The number of nitrogens with zero attached hydrogens (tertiary/aromatic N) is 7. The molecule has 0 atom stereocenters. The van der Waals surface area contributed by atoms with Crippen LogP contribution in [0.3, 0.4) is 0 Å². The maximum Gasteiger partial charge on any atom is 0.274 e. The van der Waals surface area contributed by atoms with E-state index < -0.39 is 0 Å². The summed E-state index contributed by atoms with van der Waals surface area (Å²) in [6.07, 6.45) is 5.85. The molecule has 0 aliphatic carbocycles. The first-order chi connectivity index (χ1) is 13.7. The molecule has 0 radical (unpaired) electrons. The largest absolute Gasteiger partial charge is 0.353 e. The van der Waals surface area contributed by atoms with Gasteiger partial charge in [-0.15, -0.1) is 0 Å². The van der Waals surface area contributed by atoms with E-state index >= 15 is 0 Å². The average molecular weight is 381 g/mol. The molecule has 2 aliphatic heterocycles. The summed E-state index contributed by atoms with van der Waals surface area (Å²) < 4.78 is 0. The van der Waals surface area contributed by atoms with Gasteiger partial charge in [0, 0.05) is 58.6 Å². The Morgan fingerprint density at radius 3 is 2.14 bits per heavy atom. The van der Waals surface area contributed by atoms with Gasteiger partial charge in [-0.25, -0.2) is 15.0 Å². The number of amides is 2. The third-order valence-electron chi connectivity index (χ3n) is 5.18.